The van der Waals surface area contributed by atoms with Gasteiger partial charge in [0.15, 0.2) is 0 Å². The van der Waals surface area contributed by atoms with Crippen molar-refractivity contribution in [1.29, 1.82) is 0 Å². The molecule has 28 heavy (non-hydrogen) atoms. The Labute approximate surface area is 164 Å². The van der Waals surface area contributed by atoms with Crippen LogP contribution in [0.1, 0.15) is 10.4 Å². The van der Waals surface area contributed by atoms with E-state index in [1.54, 1.807) is 30.6 Å². The van der Waals surface area contributed by atoms with Crippen LogP contribution in [0.5, 0.6) is 0 Å². The van der Waals surface area contributed by atoms with Crippen molar-refractivity contribution in [2.24, 2.45) is 4.99 Å². The van der Waals surface area contributed by atoms with Gasteiger partial charge in [-0.3, -0.25) is 4.99 Å². The smallest absolute Gasteiger partial charge is 0.344 e. The fourth-order valence-corrected chi connectivity index (χ4v) is 2.41. The van der Waals surface area contributed by atoms with Gasteiger partial charge in [0.1, 0.15) is 0 Å². The van der Waals surface area contributed by atoms with Crippen molar-refractivity contribution in [2.45, 2.75) is 0 Å². The molecular weight excluding hydrogens is 348 g/mol. The van der Waals surface area contributed by atoms with Crippen LogP contribution in [0.2, 0.25) is 0 Å². The Kier molecular flexibility index (Phi) is 6.93. The van der Waals surface area contributed by atoms with Gasteiger partial charge >= 0.3 is 5.97 Å². The van der Waals surface area contributed by atoms with E-state index in [9.17, 15) is 4.79 Å². The number of fused-ring (bicyclic) bond motifs is 1. The SMILES string of the molecule is O=C(OC1=CN=CC=CC=CC=CC=CC=CN1)c1ccc2ccccc2c1. The van der Waals surface area contributed by atoms with Gasteiger partial charge < -0.3 is 10.1 Å². The van der Waals surface area contributed by atoms with Gasteiger partial charge in [-0.1, -0.05) is 72.9 Å². The lowest BCUT2D eigenvalue weighted by atomic mass is 10.1. The van der Waals surface area contributed by atoms with Gasteiger partial charge in [0.05, 0.1) is 11.8 Å². The van der Waals surface area contributed by atoms with E-state index >= 15 is 0 Å². The fraction of sp³-hybridized carbons (Fsp3) is 0. The van der Waals surface area contributed by atoms with E-state index in [1.165, 1.54) is 6.20 Å². The molecule has 2 aromatic carbocycles. The maximum Gasteiger partial charge on any atom is 0.344 e. The van der Waals surface area contributed by atoms with E-state index in [0.29, 0.717) is 5.56 Å². The monoisotopic (exact) mass is 368 g/mol. The van der Waals surface area contributed by atoms with E-state index < -0.39 is 5.97 Å². The van der Waals surface area contributed by atoms with Crippen LogP contribution in [0.3, 0.4) is 0 Å². The molecule has 1 aliphatic rings. The first-order valence-electron chi connectivity index (χ1n) is 8.85. The Morgan fingerprint density at radius 2 is 1.46 bits per heavy atom. The summed E-state index contributed by atoms with van der Waals surface area (Å²) in [6, 6.07) is 13.3. The van der Waals surface area contributed by atoms with Crippen molar-refractivity contribution in [2.75, 3.05) is 0 Å². The Bertz CT molecular complexity index is 1040. The van der Waals surface area contributed by atoms with Gasteiger partial charge in [0.25, 0.3) is 0 Å². The Hall–Kier alpha value is -3.92. The Morgan fingerprint density at radius 3 is 2.25 bits per heavy atom. The summed E-state index contributed by atoms with van der Waals surface area (Å²) in [5.41, 5.74) is 0.473. The largest absolute Gasteiger partial charge is 0.404 e. The van der Waals surface area contributed by atoms with Gasteiger partial charge in [-0.05, 0) is 35.1 Å². The molecule has 1 N–H and O–H groups in total. The summed E-state index contributed by atoms with van der Waals surface area (Å²) in [5, 5.41) is 4.99. The predicted molar refractivity (Wildman–Crippen MR) is 115 cm³/mol. The molecule has 4 heteroatoms. The third kappa shape index (κ3) is 5.81. The summed E-state index contributed by atoms with van der Waals surface area (Å²) in [4.78, 5) is 16.7. The molecule has 2 aromatic rings. The van der Waals surface area contributed by atoms with Crippen LogP contribution >= 0.6 is 0 Å². The van der Waals surface area contributed by atoms with Gasteiger partial charge in [-0.25, -0.2) is 4.79 Å². The maximum atomic E-state index is 12.6. The van der Waals surface area contributed by atoms with E-state index in [2.05, 4.69) is 10.3 Å². The van der Waals surface area contributed by atoms with E-state index in [0.717, 1.165) is 10.8 Å². The van der Waals surface area contributed by atoms with Gasteiger partial charge in [0.2, 0.25) is 5.88 Å². The Morgan fingerprint density at radius 1 is 0.786 bits per heavy atom. The lowest BCUT2D eigenvalue weighted by Gasteiger charge is -2.08. The van der Waals surface area contributed by atoms with Gasteiger partial charge in [-0.2, -0.15) is 0 Å². The highest BCUT2D eigenvalue weighted by atomic mass is 16.5. The van der Waals surface area contributed by atoms with Crippen molar-refractivity contribution in [3.63, 3.8) is 0 Å². The molecule has 3 rings (SSSR count). The number of allylic oxidation sites excluding steroid dienone is 9. The number of rotatable bonds is 2. The molecule has 0 atom stereocenters. The molecule has 0 spiro atoms. The van der Waals surface area contributed by atoms with Crippen LogP contribution in [0.25, 0.3) is 10.8 Å². The molecule has 1 aliphatic heterocycles. The number of nitrogens with one attached hydrogen (secondary N) is 1. The zero-order valence-corrected chi connectivity index (χ0v) is 15.2. The zero-order chi connectivity index (χ0) is 19.4. The number of hydrogen-bond acceptors (Lipinski definition) is 4. The highest BCUT2D eigenvalue weighted by molar-refractivity contribution is 5.95. The van der Waals surface area contributed by atoms with Gasteiger partial charge in [0, 0.05) is 12.4 Å². The minimum Gasteiger partial charge on any atom is -0.404 e. The van der Waals surface area contributed by atoms with Crippen LogP contribution in [0.15, 0.2) is 120 Å². The molecule has 0 amide bonds. The number of carbonyl (C=O) groups is 1. The summed E-state index contributed by atoms with van der Waals surface area (Å²) >= 11 is 0. The minimum absolute atomic E-state index is 0.230. The summed E-state index contributed by atoms with van der Waals surface area (Å²) in [6.07, 6.45) is 21.6. The lowest BCUT2D eigenvalue weighted by molar-refractivity contribution is 0.0608. The minimum atomic E-state index is -0.456. The lowest BCUT2D eigenvalue weighted by Crippen LogP contribution is -2.14. The summed E-state index contributed by atoms with van der Waals surface area (Å²) in [5.74, 6) is -0.226. The molecule has 1 heterocycles. The summed E-state index contributed by atoms with van der Waals surface area (Å²) < 4.78 is 5.48. The van der Waals surface area contributed by atoms with E-state index in [4.69, 9.17) is 4.74 Å². The van der Waals surface area contributed by atoms with E-state index in [1.807, 2.05) is 78.9 Å². The second-order valence-corrected chi connectivity index (χ2v) is 5.79. The maximum absolute atomic E-state index is 12.6. The molecule has 0 saturated heterocycles. The first-order valence-corrected chi connectivity index (χ1v) is 8.85. The Balaban J connectivity index is 1.77. The zero-order valence-electron chi connectivity index (χ0n) is 15.2. The van der Waals surface area contributed by atoms with Crippen molar-refractivity contribution in [3.8, 4) is 0 Å². The van der Waals surface area contributed by atoms with Gasteiger partial charge in [-0.15, -0.1) is 0 Å². The molecule has 0 unspecified atom stereocenters. The highest BCUT2D eigenvalue weighted by Gasteiger charge is 2.10. The number of ether oxygens (including phenoxy) is 1. The molecule has 0 bridgehead atoms. The van der Waals surface area contributed by atoms with E-state index in [-0.39, 0.29) is 5.88 Å². The molecule has 0 fully saturated rings. The van der Waals surface area contributed by atoms with Crippen molar-refractivity contribution in [1.82, 2.24) is 5.32 Å². The highest BCUT2D eigenvalue weighted by Crippen LogP contribution is 2.16. The van der Waals surface area contributed by atoms with Crippen LogP contribution in [-0.2, 0) is 4.74 Å². The standard InChI is InChI=1S/C24H20N2O2/c27-24(22-15-14-20-12-8-9-13-21(20)18-22)28-23-19-25-16-10-6-4-2-1-3-5-7-11-17-26-23/h1-19,26H. The van der Waals surface area contributed by atoms with Crippen molar-refractivity contribution < 1.29 is 9.53 Å². The third-order valence-electron chi connectivity index (χ3n) is 3.76. The number of esters is 1. The quantitative estimate of drug-likeness (QED) is 0.741. The summed E-state index contributed by atoms with van der Waals surface area (Å²) in [7, 11) is 0. The normalized spacial score (nSPS) is 14.2. The molecule has 138 valence electrons. The molecule has 4 nitrogen and oxygen atoms in total. The summed E-state index contributed by atoms with van der Waals surface area (Å²) in [6.45, 7) is 0. The fourth-order valence-electron chi connectivity index (χ4n) is 2.41. The number of benzene rings is 2. The predicted octanol–water partition coefficient (Wildman–Crippen LogP) is 5.21. The molecular formula is C24H20N2O2. The van der Waals surface area contributed by atoms with Crippen LogP contribution < -0.4 is 5.32 Å². The number of nitrogens with zero attached hydrogens (tertiary/aromatic N) is 1. The average molecular weight is 368 g/mol. The second-order valence-electron chi connectivity index (χ2n) is 5.79. The van der Waals surface area contributed by atoms with Crippen molar-refractivity contribution >= 4 is 23.0 Å². The van der Waals surface area contributed by atoms with Crippen LogP contribution in [0.4, 0.5) is 0 Å². The molecule has 0 saturated carbocycles. The second kappa shape index (κ2) is 10.3. The van der Waals surface area contributed by atoms with Crippen LogP contribution in [-0.4, -0.2) is 12.2 Å². The first-order chi connectivity index (χ1) is 13.8. The topological polar surface area (TPSA) is 50.7 Å². The average Bonchev–Trinajstić information content (AvgIpc) is 2.73. The third-order valence-corrected chi connectivity index (χ3v) is 3.76. The molecule has 0 aromatic heterocycles. The molecule has 0 radical (unpaired) electrons. The number of carbonyl (C=O) groups excluding carboxylic acids is 1. The van der Waals surface area contributed by atoms with Crippen LogP contribution in [0, 0.1) is 0 Å². The first kappa shape index (κ1) is 18.9. The number of aliphatic imine (C=N–C) groups is 1. The molecule has 0 aliphatic carbocycles. The van der Waals surface area contributed by atoms with Crippen molar-refractivity contribution in [3.05, 3.63) is 121 Å². The number of hydrogen-bond donors (Lipinski definition) is 1.